The number of carboxylic acid groups (broad SMARTS) is 1. The van der Waals surface area contributed by atoms with Crippen LogP contribution in [0, 0.1) is 5.92 Å². The molecule has 4 N–H and O–H groups in total. The summed E-state index contributed by atoms with van der Waals surface area (Å²) in [6, 6.07) is -0.578. The van der Waals surface area contributed by atoms with E-state index in [4.69, 9.17) is 5.73 Å². The van der Waals surface area contributed by atoms with Crippen molar-refractivity contribution >= 4 is 14.0 Å². The summed E-state index contributed by atoms with van der Waals surface area (Å²) in [5.41, 5.74) is 5.09. The zero-order valence-corrected chi connectivity index (χ0v) is 14.3. The van der Waals surface area contributed by atoms with Crippen molar-refractivity contribution in [2.45, 2.75) is 76.4 Å². The molecule has 0 aromatic carbocycles. The van der Waals surface area contributed by atoms with Gasteiger partial charge in [0.05, 0.1) is 11.6 Å². The highest BCUT2D eigenvalue weighted by Gasteiger charge is 2.41. The molecule has 126 valence electrons. The fraction of sp³-hybridized carbons (Fsp3) is 0.812. The Morgan fingerprint density at radius 2 is 2.00 bits per heavy atom. The summed E-state index contributed by atoms with van der Waals surface area (Å²) in [6.07, 6.45) is 10.4. The second-order valence-corrected chi connectivity index (χ2v) is 7.42. The number of carbonyl (C=O) groups is 1. The minimum atomic E-state index is -2.64. The third-order valence-electron chi connectivity index (χ3n) is 4.50. The number of hydrogen-bond acceptors (Lipinski definition) is 3. The van der Waals surface area contributed by atoms with E-state index in [0.717, 1.165) is 32.1 Å². The molecule has 1 saturated carbocycles. The molecule has 0 aromatic heterocycles. The van der Waals surface area contributed by atoms with Crippen molar-refractivity contribution in [3.05, 3.63) is 11.6 Å². The zero-order valence-electron chi connectivity index (χ0n) is 13.4. The van der Waals surface area contributed by atoms with Crippen LogP contribution in [0.25, 0.3) is 0 Å². The van der Waals surface area contributed by atoms with Gasteiger partial charge in [0.15, 0.2) is 0 Å². The molecule has 0 aromatic rings. The van der Waals surface area contributed by atoms with Gasteiger partial charge in [-0.25, -0.2) is 4.79 Å². The van der Waals surface area contributed by atoms with E-state index >= 15 is 0 Å². The summed E-state index contributed by atoms with van der Waals surface area (Å²) < 4.78 is 11.7. The van der Waals surface area contributed by atoms with Crippen LogP contribution in [0.1, 0.15) is 64.7 Å². The number of nitrogens with two attached hydrogens (primary N) is 1. The van der Waals surface area contributed by atoms with Crippen LogP contribution in [0.15, 0.2) is 11.6 Å². The van der Waals surface area contributed by atoms with E-state index in [1.54, 1.807) is 6.08 Å². The van der Waals surface area contributed by atoms with Crippen molar-refractivity contribution in [1.29, 1.82) is 0 Å². The van der Waals surface area contributed by atoms with Crippen LogP contribution < -0.4 is 5.73 Å². The van der Waals surface area contributed by atoms with Crippen molar-refractivity contribution in [1.82, 2.24) is 0 Å². The number of rotatable bonds is 10. The molecule has 0 bridgehead atoms. The lowest BCUT2D eigenvalue weighted by Crippen LogP contribution is -2.36. The fourth-order valence-electron chi connectivity index (χ4n) is 3.18. The average molecular weight is 330 g/mol. The molecule has 6 heteroatoms. The molecule has 0 heterocycles. The minimum Gasteiger partial charge on any atom is -0.478 e. The van der Waals surface area contributed by atoms with Gasteiger partial charge in [0.2, 0.25) is 5.66 Å². The first kappa shape index (κ1) is 19.3. The monoisotopic (exact) mass is 330 g/mol. The van der Waals surface area contributed by atoms with Gasteiger partial charge in [-0.05, 0) is 23.3 Å². The fourth-order valence-corrected chi connectivity index (χ4v) is 4.11. The highest BCUT2D eigenvalue weighted by Crippen LogP contribution is 2.35. The Kier molecular flexibility index (Phi) is 8.84. The molecule has 3 unspecified atom stereocenters. The summed E-state index contributed by atoms with van der Waals surface area (Å²) in [5, 5.41) is 9.42. The standard InChI is InChI=1S/C16H28NO4P/c1-2-3-4-9-14(17)15(22(20)21)13(16(18)19)11-10-12-7-5-6-8-12/h11-12,14-15H,2-10,17H2,1H3,(H-,18,19,20,21)/p+1/b13-11+. The number of unbranched alkanes of at least 4 members (excludes halogenated alkanes) is 2. The van der Waals surface area contributed by atoms with Crippen LogP contribution in [0.5, 0.6) is 0 Å². The Balaban J connectivity index is 2.79. The van der Waals surface area contributed by atoms with Gasteiger partial charge < -0.3 is 10.8 Å². The summed E-state index contributed by atoms with van der Waals surface area (Å²) in [4.78, 5) is 21.1. The van der Waals surface area contributed by atoms with Gasteiger partial charge in [-0.15, -0.1) is 0 Å². The maximum atomic E-state index is 11.7. The van der Waals surface area contributed by atoms with Gasteiger partial charge in [-0.2, -0.15) is 4.89 Å². The van der Waals surface area contributed by atoms with E-state index in [0.29, 0.717) is 18.8 Å². The van der Waals surface area contributed by atoms with E-state index in [2.05, 4.69) is 6.92 Å². The normalized spacial score (nSPS) is 20.0. The molecule has 0 saturated heterocycles. The molecule has 0 aliphatic heterocycles. The van der Waals surface area contributed by atoms with Gasteiger partial charge in [0.1, 0.15) is 0 Å². The lowest BCUT2D eigenvalue weighted by atomic mass is 9.96. The Hall–Kier alpha value is -0.770. The maximum Gasteiger partial charge on any atom is 0.515 e. The van der Waals surface area contributed by atoms with Gasteiger partial charge >= 0.3 is 14.0 Å². The first-order valence-corrected chi connectivity index (χ1v) is 9.59. The number of hydrogen-bond donors (Lipinski definition) is 3. The summed E-state index contributed by atoms with van der Waals surface area (Å²) in [5.74, 6) is -0.616. The molecule has 0 amide bonds. The first-order valence-electron chi connectivity index (χ1n) is 8.31. The molecule has 0 spiro atoms. The SMILES string of the molecule is CCCCCC(N)C(/C(=C\CC1CCCC1)C(=O)O)[P+](=O)O. The predicted octanol–water partition coefficient (Wildman–Crippen LogP) is 3.59. The number of allylic oxidation sites excluding steroid dienone is 1. The average Bonchev–Trinajstić information content (AvgIpc) is 2.95. The van der Waals surface area contributed by atoms with Crippen LogP contribution in [-0.2, 0) is 9.36 Å². The van der Waals surface area contributed by atoms with Crippen molar-refractivity contribution < 1.29 is 19.4 Å². The molecule has 1 aliphatic carbocycles. The van der Waals surface area contributed by atoms with E-state index < -0.39 is 25.7 Å². The van der Waals surface area contributed by atoms with Gasteiger partial charge in [-0.1, -0.05) is 57.9 Å². The van der Waals surface area contributed by atoms with Crippen LogP contribution in [0.4, 0.5) is 0 Å². The Morgan fingerprint density at radius 1 is 1.36 bits per heavy atom. The molecular weight excluding hydrogens is 301 g/mol. The maximum absolute atomic E-state index is 11.7. The third-order valence-corrected chi connectivity index (χ3v) is 5.63. The molecule has 22 heavy (non-hydrogen) atoms. The third kappa shape index (κ3) is 6.15. The smallest absolute Gasteiger partial charge is 0.478 e. The van der Waals surface area contributed by atoms with Gasteiger partial charge in [0.25, 0.3) is 0 Å². The lowest BCUT2D eigenvalue weighted by molar-refractivity contribution is -0.132. The van der Waals surface area contributed by atoms with Crippen LogP contribution in [0.2, 0.25) is 0 Å². The number of carboxylic acids is 1. The molecule has 3 atom stereocenters. The topological polar surface area (TPSA) is 101 Å². The van der Waals surface area contributed by atoms with Gasteiger partial charge in [0, 0.05) is 0 Å². The van der Waals surface area contributed by atoms with Crippen molar-refractivity contribution in [3.8, 4) is 0 Å². The van der Waals surface area contributed by atoms with Crippen LogP contribution in [-0.4, -0.2) is 27.7 Å². The van der Waals surface area contributed by atoms with Crippen LogP contribution in [0.3, 0.4) is 0 Å². The Morgan fingerprint density at radius 3 is 2.50 bits per heavy atom. The van der Waals surface area contributed by atoms with Crippen molar-refractivity contribution in [2.24, 2.45) is 11.7 Å². The van der Waals surface area contributed by atoms with E-state index in [1.807, 2.05) is 0 Å². The minimum absolute atomic E-state index is 0.0273. The molecule has 1 rings (SSSR count). The zero-order chi connectivity index (χ0) is 16.5. The second kappa shape index (κ2) is 10.1. The quantitative estimate of drug-likeness (QED) is 0.323. The number of aliphatic carboxylic acids is 1. The Bertz CT molecular complexity index is 405. The predicted molar refractivity (Wildman–Crippen MR) is 88.0 cm³/mol. The lowest BCUT2D eigenvalue weighted by Gasteiger charge is -2.15. The second-order valence-electron chi connectivity index (χ2n) is 6.26. The molecule has 5 nitrogen and oxygen atoms in total. The van der Waals surface area contributed by atoms with Gasteiger partial charge in [-0.3, -0.25) is 0 Å². The van der Waals surface area contributed by atoms with E-state index in [9.17, 15) is 19.4 Å². The summed E-state index contributed by atoms with van der Waals surface area (Å²) in [6.45, 7) is 2.07. The van der Waals surface area contributed by atoms with Crippen molar-refractivity contribution in [3.63, 3.8) is 0 Å². The summed E-state index contributed by atoms with van der Waals surface area (Å²) >= 11 is 0. The molecule has 1 aliphatic rings. The largest absolute Gasteiger partial charge is 0.515 e. The summed E-state index contributed by atoms with van der Waals surface area (Å²) in [7, 11) is -2.64. The van der Waals surface area contributed by atoms with E-state index in [-0.39, 0.29) is 5.57 Å². The first-order chi connectivity index (χ1) is 10.5. The van der Waals surface area contributed by atoms with Crippen molar-refractivity contribution in [2.75, 3.05) is 0 Å². The Labute approximate surface area is 133 Å². The van der Waals surface area contributed by atoms with Crippen LogP contribution >= 0.6 is 8.03 Å². The highest BCUT2D eigenvalue weighted by atomic mass is 31.1. The molecule has 0 radical (unpaired) electrons. The molecule has 1 fully saturated rings. The highest BCUT2D eigenvalue weighted by molar-refractivity contribution is 7.39. The molecular formula is C16H29NO4P+. The van der Waals surface area contributed by atoms with E-state index in [1.165, 1.54) is 12.8 Å².